The van der Waals surface area contributed by atoms with Crippen molar-refractivity contribution in [1.29, 1.82) is 0 Å². The zero-order valence-corrected chi connectivity index (χ0v) is 13.0. The molecule has 108 valence electrons. The van der Waals surface area contributed by atoms with Crippen LogP contribution in [-0.4, -0.2) is 49.2 Å². The van der Waals surface area contributed by atoms with Crippen molar-refractivity contribution in [2.45, 2.75) is 26.7 Å². The number of thiazole rings is 1. The van der Waals surface area contributed by atoms with Crippen LogP contribution < -0.4 is 10.6 Å². The molecule has 0 saturated carbocycles. The van der Waals surface area contributed by atoms with Gasteiger partial charge in [0.15, 0.2) is 5.13 Å². The lowest BCUT2D eigenvalue weighted by atomic mass is 9.82. The van der Waals surface area contributed by atoms with Gasteiger partial charge < -0.3 is 10.6 Å². The summed E-state index contributed by atoms with van der Waals surface area (Å²) < 4.78 is 0. The Morgan fingerprint density at radius 2 is 1.95 bits per heavy atom. The normalized spacial score (nSPS) is 17.9. The zero-order valence-electron chi connectivity index (χ0n) is 12.1. The number of aromatic nitrogens is 1. The van der Waals surface area contributed by atoms with Gasteiger partial charge in [-0.05, 0) is 24.8 Å². The number of hydrogen-bond acceptors (Lipinski definition) is 5. The average Bonchev–Trinajstić information content (AvgIpc) is 3.00. The van der Waals surface area contributed by atoms with Crippen LogP contribution in [0, 0.1) is 5.41 Å². The lowest BCUT2D eigenvalue weighted by molar-refractivity contribution is 0.137. The van der Waals surface area contributed by atoms with Gasteiger partial charge >= 0.3 is 0 Å². The molecule has 0 unspecified atom stereocenters. The molecular weight excluding hydrogens is 256 g/mol. The summed E-state index contributed by atoms with van der Waals surface area (Å²) >= 11 is 1.73. The van der Waals surface area contributed by atoms with Crippen molar-refractivity contribution in [3.05, 3.63) is 11.6 Å². The predicted octanol–water partition coefficient (Wildman–Crippen LogP) is 2.03. The molecule has 2 heterocycles. The molecule has 0 spiro atoms. The topological polar surface area (TPSA) is 45.4 Å². The molecule has 4 nitrogen and oxygen atoms in total. The third-order valence-corrected chi connectivity index (χ3v) is 5.39. The summed E-state index contributed by atoms with van der Waals surface area (Å²) in [5.74, 6) is 0. The standard InChI is InChI=1S/C14H26N4S/c1-3-14(4-2,11-15)12-17-6-8-18(9-7-17)13-16-5-10-19-13/h5,10H,3-4,6-9,11-12,15H2,1-2H3. The fourth-order valence-electron chi connectivity index (χ4n) is 2.77. The molecule has 1 aromatic rings. The Labute approximate surface area is 120 Å². The second kappa shape index (κ2) is 6.68. The van der Waals surface area contributed by atoms with Crippen molar-refractivity contribution < 1.29 is 0 Å². The number of hydrogen-bond donors (Lipinski definition) is 1. The Balaban J connectivity index is 1.86. The zero-order chi connectivity index (χ0) is 13.7. The maximum absolute atomic E-state index is 6.01. The fraction of sp³-hybridized carbons (Fsp3) is 0.786. The summed E-state index contributed by atoms with van der Waals surface area (Å²) in [6, 6.07) is 0. The molecule has 5 heteroatoms. The molecule has 1 fully saturated rings. The van der Waals surface area contributed by atoms with Gasteiger partial charge in [-0.15, -0.1) is 11.3 Å². The highest BCUT2D eigenvalue weighted by atomic mass is 32.1. The van der Waals surface area contributed by atoms with Crippen LogP contribution >= 0.6 is 11.3 Å². The Bertz CT molecular complexity index is 345. The van der Waals surface area contributed by atoms with Crippen LogP contribution in [0.3, 0.4) is 0 Å². The number of piperazine rings is 1. The largest absolute Gasteiger partial charge is 0.346 e. The quantitative estimate of drug-likeness (QED) is 0.867. The van der Waals surface area contributed by atoms with Gasteiger partial charge in [-0.3, -0.25) is 4.90 Å². The molecule has 0 bridgehead atoms. The first-order chi connectivity index (χ1) is 9.23. The molecule has 1 aliphatic heterocycles. The lowest BCUT2D eigenvalue weighted by Gasteiger charge is -2.40. The molecule has 0 aliphatic carbocycles. The highest BCUT2D eigenvalue weighted by Gasteiger charge is 2.29. The first-order valence-electron chi connectivity index (χ1n) is 7.30. The van der Waals surface area contributed by atoms with Gasteiger partial charge in [-0.2, -0.15) is 0 Å². The van der Waals surface area contributed by atoms with E-state index in [1.807, 2.05) is 6.20 Å². The predicted molar refractivity (Wildman–Crippen MR) is 82.8 cm³/mol. The summed E-state index contributed by atoms with van der Waals surface area (Å²) in [5.41, 5.74) is 6.31. The number of anilines is 1. The summed E-state index contributed by atoms with van der Waals surface area (Å²) in [5, 5.41) is 3.21. The Kier molecular flexibility index (Phi) is 5.19. The van der Waals surface area contributed by atoms with Crippen LogP contribution in [0.25, 0.3) is 0 Å². The van der Waals surface area contributed by atoms with Crippen LogP contribution in [0.2, 0.25) is 0 Å². The van der Waals surface area contributed by atoms with E-state index in [1.54, 1.807) is 11.3 Å². The minimum absolute atomic E-state index is 0.309. The van der Waals surface area contributed by atoms with Crippen molar-refractivity contribution in [1.82, 2.24) is 9.88 Å². The molecular formula is C14H26N4S. The second-order valence-corrected chi connectivity index (χ2v) is 6.36. The van der Waals surface area contributed by atoms with E-state index in [9.17, 15) is 0 Å². The van der Waals surface area contributed by atoms with E-state index >= 15 is 0 Å². The molecule has 1 aliphatic rings. The van der Waals surface area contributed by atoms with Crippen molar-refractivity contribution >= 4 is 16.5 Å². The maximum atomic E-state index is 6.01. The van der Waals surface area contributed by atoms with Crippen LogP contribution in [-0.2, 0) is 0 Å². The summed E-state index contributed by atoms with van der Waals surface area (Å²) in [6.45, 7) is 10.9. The number of nitrogens with two attached hydrogens (primary N) is 1. The Hall–Kier alpha value is -0.650. The number of rotatable bonds is 6. The summed E-state index contributed by atoms with van der Waals surface area (Å²) in [4.78, 5) is 9.36. The first kappa shape index (κ1) is 14.8. The molecule has 0 amide bonds. The lowest BCUT2D eigenvalue weighted by Crippen LogP contribution is -2.51. The van der Waals surface area contributed by atoms with Gasteiger partial charge in [0.1, 0.15) is 0 Å². The van der Waals surface area contributed by atoms with Crippen LogP contribution in [0.4, 0.5) is 5.13 Å². The third-order valence-electron chi connectivity index (χ3n) is 4.55. The fourth-order valence-corrected chi connectivity index (χ4v) is 3.47. The minimum Gasteiger partial charge on any atom is -0.346 e. The molecule has 0 aromatic carbocycles. The smallest absolute Gasteiger partial charge is 0.185 e. The summed E-state index contributed by atoms with van der Waals surface area (Å²) in [7, 11) is 0. The van der Waals surface area contributed by atoms with Crippen molar-refractivity contribution in [2.75, 3.05) is 44.2 Å². The van der Waals surface area contributed by atoms with E-state index in [0.717, 1.165) is 44.4 Å². The Morgan fingerprint density at radius 3 is 2.42 bits per heavy atom. The monoisotopic (exact) mass is 282 g/mol. The van der Waals surface area contributed by atoms with E-state index in [1.165, 1.54) is 12.8 Å². The summed E-state index contributed by atoms with van der Waals surface area (Å²) in [6.07, 6.45) is 4.24. The maximum Gasteiger partial charge on any atom is 0.185 e. The van der Waals surface area contributed by atoms with Crippen LogP contribution in [0.15, 0.2) is 11.6 Å². The van der Waals surface area contributed by atoms with Crippen molar-refractivity contribution in [2.24, 2.45) is 11.1 Å². The molecule has 1 saturated heterocycles. The van der Waals surface area contributed by atoms with E-state index in [4.69, 9.17) is 5.73 Å². The molecule has 0 radical (unpaired) electrons. The SMILES string of the molecule is CCC(CC)(CN)CN1CCN(c2nccs2)CC1. The second-order valence-electron chi connectivity index (χ2n) is 5.49. The third kappa shape index (κ3) is 3.46. The molecule has 1 aromatic heterocycles. The van der Waals surface area contributed by atoms with Gasteiger partial charge in [-0.1, -0.05) is 13.8 Å². The molecule has 2 rings (SSSR count). The first-order valence-corrected chi connectivity index (χ1v) is 8.18. The Morgan fingerprint density at radius 1 is 1.26 bits per heavy atom. The van der Waals surface area contributed by atoms with Crippen molar-refractivity contribution in [3.63, 3.8) is 0 Å². The van der Waals surface area contributed by atoms with Gasteiger partial charge in [0.25, 0.3) is 0 Å². The van der Waals surface area contributed by atoms with Crippen molar-refractivity contribution in [3.8, 4) is 0 Å². The van der Waals surface area contributed by atoms with Gasteiger partial charge in [0, 0.05) is 44.3 Å². The average molecular weight is 282 g/mol. The van der Waals surface area contributed by atoms with Gasteiger partial charge in [-0.25, -0.2) is 4.98 Å². The molecule has 2 N–H and O–H groups in total. The van der Waals surface area contributed by atoms with E-state index in [0.29, 0.717) is 5.41 Å². The molecule has 0 atom stereocenters. The van der Waals surface area contributed by atoms with Gasteiger partial charge in [0.2, 0.25) is 0 Å². The highest BCUT2D eigenvalue weighted by Crippen LogP contribution is 2.27. The molecule has 19 heavy (non-hydrogen) atoms. The van der Waals surface area contributed by atoms with E-state index < -0.39 is 0 Å². The van der Waals surface area contributed by atoms with E-state index in [2.05, 4.69) is 34.0 Å². The number of nitrogens with zero attached hydrogens (tertiary/aromatic N) is 3. The van der Waals surface area contributed by atoms with E-state index in [-0.39, 0.29) is 0 Å². The highest BCUT2D eigenvalue weighted by molar-refractivity contribution is 7.13. The minimum atomic E-state index is 0.309. The van der Waals surface area contributed by atoms with Gasteiger partial charge in [0.05, 0.1) is 0 Å². The van der Waals surface area contributed by atoms with Crippen LogP contribution in [0.1, 0.15) is 26.7 Å². The van der Waals surface area contributed by atoms with Crippen LogP contribution in [0.5, 0.6) is 0 Å².